The molecule has 1 aromatic heterocycles. The molecule has 1 aliphatic rings. The predicted molar refractivity (Wildman–Crippen MR) is 91.4 cm³/mol. The molecule has 0 bridgehead atoms. The normalized spacial score (nSPS) is 18.6. The summed E-state index contributed by atoms with van der Waals surface area (Å²) in [5.74, 6) is -0.677. The van der Waals surface area contributed by atoms with Gasteiger partial charge in [0.15, 0.2) is 5.58 Å². The number of likely N-dealkylation sites (tertiary alicyclic amines) is 1. The molecule has 2 aromatic rings. The van der Waals surface area contributed by atoms with E-state index in [1.54, 1.807) is 33.9 Å². The number of rotatable bonds is 1. The van der Waals surface area contributed by atoms with E-state index < -0.39 is 17.5 Å². The van der Waals surface area contributed by atoms with Crippen LogP contribution >= 0.6 is 0 Å². The van der Waals surface area contributed by atoms with Gasteiger partial charge in [-0.25, -0.2) is 14.5 Å². The molecular weight excluding hydrogens is 324 g/mol. The highest BCUT2D eigenvalue weighted by atomic mass is 16.6. The number of aryl methyl sites for hydroxylation is 1. The van der Waals surface area contributed by atoms with Gasteiger partial charge in [0.1, 0.15) is 5.60 Å². The van der Waals surface area contributed by atoms with E-state index in [4.69, 9.17) is 9.15 Å². The molecule has 1 atom stereocenters. The summed E-state index contributed by atoms with van der Waals surface area (Å²) in [6, 6.07) is 5.52. The molecule has 7 heteroatoms. The van der Waals surface area contributed by atoms with Gasteiger partial charge in [-0.1, -0.05) is 6.07 Å². The van der Waals surface area contributed by atoms with Gasteiger partial charge in [0, 0.05) is 20.0 Å². The maximum absolute atomic E-state index is 12.4. The summed E-state index contributed by atoms with van der Waals surface area (Å²) in [6.07, 6.45) is 0.274. The number of benzene rings is 1. The Labute approximate surface area is 145 Å². The van der Waals surface area contributed by atoms with Crippen molar-refractivity contribution in [3.05, 3.63) is 34.3 Å². The van der Waals surface area contributed by atoms with Crippen LogP contribution < -0.4 is 5.76 Å². The number of nitrogens with zero attached hydrogens (tertiary/aromatic N) is 2. The zero-order chi connectivity index (χ0) is 18.4. The van der Waals surface area contributed by atoms with Crippen molar-refractivity contribution < 1.29 is 18.7 Å². The number of ether oxygens (including phenoxy) is 1. The summed E-state index contributed by atoms with van der Waals surface area (Å²) in [4.78, 5) is 37.3. The molecule has 0 N–H and O–H groups in total. The fourth-order valence-electron chi connectivity index (χ4n) is 3.03. The monoisotopic (exact) mass is 346 g/mol. The van der Waals surface area contributed by atoms with Crippen LogP contribution in [0.2, 0.25) is 0 Å². The number of oxazole rings is 1. The molecular formula is C18H22N2O5. The molecule has 7 nitrogen and oxygen atoms in total. The lowest BCUT2D eigenvalue weighted by molar-refractivity contribution is -0.132. The quantitative estimate of drug-likeness (QED) is 0.793. The van der Waals surface area contributed by atoms with Gasteiger partial charge in [-0.2, -0.15) is 0 Å². The van der Waals surface area contributed by atoms with Crippen LogP contribution in [0, 0.1) is 0 Å². The van der Waals surface area contributed by atoms with E-state index >= 15 is 0 Å². The van der Waals surface area contributed by atoms with Crippen LogP contribution in [-0.2, 0) is 16.6 Å². The van der Waals surface area contributed by atoms with Crippen LogP contribution in [-0.4, -0.2) is 33.6 Å². The first-order valence-electron chi connectivity index (χ1n) is 8.28. The minimum atomic E-state index is -0.635. The largest absolute Gasteiger partial charge is 0.443 e. The molecule has 0 aliphatic carbocycles. The average molecular weight is 346 g/mol. The van der Waals surface area contributed by atoms with E-state index in [2.05, 4.69) is 0 Å². The van der Waals surface area contributed by atoms with Gasteiger partial charge >= 0.3 is 11.8 Å². The zero-order valence-electron chi connectivity index (χ0n) is 14.9. The van der Waals surface area contributed by atoms with Crippen molar-refractivity contribution in [1.82, 2.24) is 9.47 Å². The second-order valence-electron chi connectivity index (χ2n) is 7.37. The van der Waals surface area contributed by atoms with E-state index in [-0.39, 0.29) is 18.2 Å². The molecule has 1 saturated heterocycles. The van der Waals surface area contributed by atoms with Gasteiger partial charge in [-0.3, -0.25) is 9.36 Å². The molecule has 1 unspecified atom stereocenters. The van der Waals surface area contributed by atoms with E-state index in [9.17, 15) is 14.4 Å². The van der Waals surface area contributed by atoms with Crippen molar-refractivity contribution >= 4 is 23.1 Å². The summed E-state index contributed by atoms with van der Waals surface area (Å²) in [7, 11) is 1.65. The number of carbonyl (C=O) groups excluding carboxylic acids is 2. The van der Waals surface area contributed by atoms with Gasteiger partial charge in [0.05, 0.1) is 5.52 Å². The second kappa shape index (κ2) is 6.06. The molecule has 134 valence electrons. The van der Waals surface area contributed by atoms with Crippen LogP contribution in [0.3, 0.4) is 0 Å². The maximum Gasteiger partial charge on any atom is 0.419 e. The molecule has 2 amide bonds. The average Bonchev–Trinajstić information content (AvgIpc) is 2.79. The molecule has 0 radical (unpaired) electrons. The topological polar surface area (TPSA) is 81.8 Å². The third-order valence-electron chi connectivity index (χ3n) is 4.32. The van der Waals surface area contributed by atoms with Crippen LogP contribution in [0.5, 0.6) is 0 Å². The Bertz CT molecular complexity index is 887. The summed E-state index contributed by atoms with van der Waals surface area (Å²) in [6.45, 7) is 5.62. The number of imide groups is 1. The van der Waals surface area contributed by atoms with Gasteiger partial charge in [0.2, 0.25) is 5.91 Å². The third kappa shape index (κ3) is 3.45. The summed E-state index contributed by atoms with van der Waals surface area (Å²) < 4.78 is 11.9. The number of amides is 2. The lowest BCUT2D eigenvalue weighted by Crippen LogP contribution is -2.44. The molecule has 1 aliphatic heterocycles. The zero-order valence-corrected chi connectivity index (χ0v) is 14.9. The fourth-order valence-corrected chi connectivity index (χ4v) is 3.03. The Morgan fingerprint density at radius 1 is 1.28 bits per heavy atom. The Morgan fingerprint density at radius 2 is 2.00 bits per heavy atom. The van der Waals surface area contributed by atoms with Crippen molar-refractivity contribution in [1.29, 1.82) is 0 Å². The number of hydrogen-bond acceptors (Lipinski definition) is 5. The Balaban J connectivity index is 1.76. The fraction of sp³-hybridized carbons (Fsp3) is 0.500. The third-order valence-corrected chi connectivity index (χ3v) is 4.32. The van der Waals surface area contributed by atoms with Gasteiger partial charge in [-0.15, -0.1) is 0 Å². The van der Waals surface area contributed by atoms with E-state index in [1.807, 2.05) is 12.1 Å². The van der Waals surface area contributed by atoms with Crippen molar-refractivity contribution in [3.63, 3.8) is 0 Å². The van der Waals surface area contributed by atoms with E-state index in [0.29, 0.717) is 24.1 Å². The lowest BCUT2D eigenvalue weighted by Gasteiger charge is -2.32. The van der Waals surface area contributed by atoms with Crippen molar-refractivity contribution in [3.8, 4) is 0 Å². The molecule has 1 fully saturated rings. The summed E-state index contributed by atoms with van der Waals surface area (Å²) in [5, 5.41) is 0. The van der Waals surface area contributed by atoms with Crippen LogP contribution in [0.4, 0.5) is 4.79 Å². The van der Waals surface area contributed by atoms with Crippen molar-refractivity contribution in [2.75, 3.05) is 6.54 Å². The smallest absolute Gasteiger partial charge is 0.419 e. The first-order chi connectivity index (χ1) is 11.7. The van der Waals surface area contributed by atoms with Crippen LogP contribution in [0.15, 0.2) is 27.4 Å². The SMILES string of the molecule is Cn1c(=O)oc2cc(C3CCN(C(=O)OC(C)(C)C)C(=O)C3)ccc21. The Hall–Kier alpha value is -2.57. The minimum Gasteiger partial charge on any atom is -0.443 e. The maximum atomic E-state index is 12.4. The highest BCUT2D eigenvalue weighted by Crippen LogP contribution is 2.31. The van der Waals surface area contributed by atoms with Crippen molar-refractivity contribution in [2.45, 2.75) is 45.1 Å². The predicted octanol–water partition coefficient (Wildman–Crippen LogP) is 2.77. The number of fused-ring (bicyclic) bond motifs is 1. The number of aromatic nitrogens is 1. The van der Waals surface area contributed by atoms with Gasteiger partial charge in [0.25, 0.3) is 0 Å². The van der Waals surface area contributed by atoms with Gasteiger partial charge in [-0.05, 0) is 50.8 Å². The van der Waals surface area contributed by atoms with E-state index in [1.165, 1.54) is 9.47 Å². The Kier molecular flexibility index (Phi) is 4.18. The molecule has 2 heterocycles. The number of hydrogen-bond donors (Lipinski definition) is 0. The minimum absolute atomic E-state index is 0.0129. The van der Waals surface area contributed by atoms with Crippen LogP contribution in [0.25, 0.3) is 11.1 Å². The van der Waals surface area contributed by atoms with E-state index in [0.717, 1.165) is 5.56 Å². The first-order valence-corrected chi connectivity index (χ1v) is 8.28. The molecule has 3 rings (SSSR count). The second-order valence-corrected chi connectivity index (χ2v) is 7.37. The summed E-state index contributed by atoms with van der Waals surface area (Å²) in [5.41, 5.74) is 1.52. The molecule has 0 saturated carbocycles. The van der Waals surface area contributed by atoms with Gasteiger partial charge < -0.3 is 9.15 Å². The van der Waals surface area contributed by atoms with Crippen LogP contribution in [0.1, 0.15) is 45.1 Å². The van der Waals surface area contributed by atoms with Crippen molar-refractivity contribution in [2.24, 2.45) is 7.05 Å². The first kappa shape index (κ1) is 17.3. The standard InChI is InChI=1S/C18H22N2O5/c1-18(2,3)25-17(23)20-8-7-12(10-15(20)21)11-5-6-13-14(9-11)24-16(22)19(13)4/h5-6,9,12H,7-8,10H2,1-4H3. The Morgan fingerprint density at radius 3 is 2.64 bits per heavy atom. The lowest BCUT2D eigenvalue weighted by atomic mass is 9.89. The highest BCUT2D eigenvalue weighted by molar-refractivity contribution is 5.93. The molecule has 1 aromatic carbocycles. The summed E-state index contributed by atoms with van der Waals surface area (Å²) >= 11 is 0. The molecule has 0 spiro atoms. The molecule has 25 heavy (non-hydrogen) atoms. The number of carbonyl (C=O) groups is 2. The number of piperidine rings is 1. The highest BCUT2D eigenvalue weighted by Gasteiger charge is 2.33.